The molecular weight excluding hydrogens is 466 g/mol. The Morgan fingerprint density at radius 2 is 2.09 bits per heavy atom. The van der Waals surface area contributed by atoms with E-state index in [0.717, 1.165) is 31.4 Å². The molecule has 12 heteroatoms. The fourth-order valence-corrected chi connectivity index (χ4v) is 5.25. The summed E-state index contributed by atoms with van der Waals surface area (Å²) >= 11 is 4.53. The van der Waals surface area contributed by atoms with Crippen molar-refractivity contribution in [3.8, 4) is 0 Å². The molecule has 0 spiro atoms. The first-order valence-electron chi connectivity index (χ1n) is 9.93. The molecule has 0 fully saturated rings. The molecule has 4 rings (SSSR count). The highest BCUT2D eigenvalue weighted by molar-refractivity contribution is 8.01. The average Bonchev–Trinajstić information content (AvgIpc) is 3.41. The molecule has 1 amide bonds. The summed E-state index contributed by atoms with van der Waals surface area (Å²) in [6.45, 7) is 2.20. The van der Waals surface area contributed by atoms with Gasteiger partial charge >= 0.3 is 0 Å². The molecule has 168 valence electrons. The number of benzene rings is 1. The Hall–Kier alpha value is -2.41. The monoisotopic (exact) mass is 489 g/mol. The number of thioether (sulfide) groups is 2. The summed E-state index contributed by atoms with van der Waals surface area (Å²) in [6, 6.07) is 7.98. The number of nitrogens with zero attached hydrogens (tertiary/aromatic N) is 5. The molecule has 0 aliphatic heterocycles. The van der Waals surface area contributed by atoms with Gasteiger partial charge in [-0.3, -0.25) is 4.79 Å². The minimum atomic E-state index is -0.0351. The van der Waals surface area contributed by atoms with E-state index in [2.05, 4.69) is 30.7 Å². The van der Waals surface area contributed by atoms with Gasteiger partial charge in [0.05, 0.1) is 40.7 Å². The molecule has 0 aliphatic rings. The predicted molar refractivity (Wildman–Crippen MR) is 131 cm³/mol. The van der Waals surface area contributed by atoms with Gasteiger partial charge in [-0.1, -0.05) is 35.7 Å². The summed E-state index contributed by atoms with van der Waals surface area (Å²) in [5.74, 6) is 1.03. The van der Waals surface area contributed by atoms with E-state index in [1.165, 1.54) is 23.5 Å². The molecule has 0 saturated carbocycles. The smallest absolute Gasteiger partial charge is 0.230 e. The molecule has 4 aromatic rings. The van der Waals surface area contributed by atoms with Crippen LogP contribution in [0.15, 0.2) is 40.0 Å². The Balaban J connectivity index is 1.33. The second kappa shape index (κ2) is 10.9. The third kappa shape index (κ3) is 5.49. The number of amides is 1. The molecule has 0 aliphatic carbocycles. The molecule has 3 heterocycles. The summed E-state index contributed by atoms with van der Waals surface area (Å²) in [5.41, 5.74) is 1.70. The van der Waals surface area contributed by atoms with Crippen LogP contribution in [-0.4, -0.2) is 69.5 Å². The predicted octanol–water partition coefficient (Wildman–Crippen LogP) is 3.12. The van der Waals surface area contributed by atoms with Gasteiger partial charge in [-0.25, -0.2) is 19.6 Å². The van der Waals surface area contributed by atoms with Crippen molar-refractivity contribution in [2.24, 2.45) is 0 Å². The normalized spacial score (nSPS) is 11.3. The van der Waals surface area contributed by atoms with Crippen LogP contribution in [0.25, 0.3) is 21.3 Å². The first-order chi connectivity index (χ1) is 15.7. The molecule has 0 saturated heterocycles. The number of aromatic nitrogens is 5. The van der Waals surface area contributed by atoms with E-state index in [1.807, 2.05) is 30.5 Å². The lowest BCUT2D eigenvalue weighted by molar-refractivity contribution is -0.118. The minimum Gasteiger partial charge on any atom is -0.383 e. The molecule has 0 bridgehead atoms. The Morgan fingerprint density at radius 1 is 1.22 bits per heavy atom. The maximum absolute atomic E-state index is 12.3. The zero-order valence-electron chi connectivity index (χ0n) is 17.7. The molecule has 2 N–H and O–H groups in total. The Labute approximate surface area is 197 Å². The number of methoxy groups -OCH3 is 1. The van der Waals surface area contributed by atoms with E-state index in [-0.39, 0.29) is 5.91 Å². The van der Waals surface area contributed by atoms with E-state index < -0.39 is 0 Å². The van der Waals surface area contributed by atoms with Crippen molar-refractivity contribution in [3.05, 3.63) is 30.5 Å². The van der Waals surface area contributed by atoms with E-state index in [0.29, 0.717) is 37.2 Å². The van der Waals surface area contributed by atoms with Crippen molar-refractivity contribution < 1.29 is 9.53 Å². The number of hydrogen-bond donors (Lipinski definition) is 2. The molecule has 3 aromatic heterocycles. The number of hydrogen-bond acceptors (Lipinski definition) is 10. The van der Waals surface area contributed by atoms with E-state index in [9.17, 15) is 4.79 Å². The molecule has 0 unspecified atom stereocenters. The molecule has 0 atom stereocenters. The van der Waals surface area contributed by atoms with Gasteiger partial charge in [0.2, 0.25) is 5.91 Å². The van der Waals surface area contributed by atoms with Crippen molar-refractivity contribution in [1.29, 1.82) is 0 Å². The summed E-state index contributed by atoms with van der Waals surface area (Å²) in [6.07, 6.45) is 3.68. The lowest BCUT2D eigenvalue weighted by atomic mass is 10.3. The quantitative estimate of drug-likeness (QED) is 0.187. The summed E-state index contributed by atoms with van der Waals surface area (Å²) in [5, 5.41) is 12.2. The zero-order chi connectivity index (χ0) is 22.3. The van der Waals surface area contributed by atoms with Crippen LogP contribution >= 0.6 is 34.9 Å². The van der Waals surface area contributed by atoms with Crippen LogP contribution in [0.3, 0.4) is 0 Å². The topological polar surface area (TPSA) is 107 Å². The largest absolute Gasteiger partial charge is 0.383 e. The number of nitrogens with one attached hydrogen (secondary N) is 2. The first kappa shape index (κ1) is 22.8. The fourth-order valence-electron chi connectivity index (χ4n) is 2.99. The minimum absolute atomic E-state index is 0.0351. The third-order valence-corrected chi connectivity index (χ3v) is 7.23. The van der Waals surface area contributed by atoms with Crippen LogP contribution in [0, 0.1) is 0 Å². The molecule has 9 nitrogen and oxygen atoms in total. The number of anilines is 1. The van der Waals surface area contributed by atoms with Crippen LogP contribution in [-0.2, 0) is 16.1 Å². The Kier molecular flexibility index (Phi) is 7.79. The first-order valence-corrected chi connectivity index (χ1v) is 13.0. The number of para-hydroxylation sites is 1. The second-order valence-electron chi connectivity index (χ2n) is 6.67. The maximum atomic E-state index is 12.3. The summed E-state index contributed by atoms with van der Waals surface area (Å²) in [4.78, 5) is 26.0. The van der Waals surface area contributed by atoms with Gasteiger partial charge in [0.1, 0.15) is 5.82 Å². The van der Waals surface area contributed by atoms with Crippen molar-refractivity contribution in [3.63, 3.8) is 0 Å². The fraction of sp³-hybridized carbons (Fsp3) is 0.350. The van der Waals surface area contributed by atoms with Crippen LogP contribution in [0.4, 0.5) is 5.82 Å². The summed E-state index contributed by atoms with van der Waals surface area (Å²) < 4.78 is 8.92. The zero-order valence-corrected chi connectivity index (χ0v) is 20.1. The van der Waals surface area contributed by atoms with Gasteiger partial charge in [-0.2, -0.15) is 5.10 Å². The van der Waals surface area contributed by atoms with Gasteiger partial charge in [-0.15, -0.1) is 11.3 Å². The third-order valence-electron chi connectivity index (χ3n) is 4.50. The van der Waals surface area contributed by atoms with Crippen molar-refractivity contribution in [2.45, 2.75) is 16.0 Å². The van der Waals surface area contributed by atoms with Crippen LogP contribution in [0.1, 0.15) is 0 Å². The highest BCUT2D eigenvalue weighted by Gasteiger charge is 2.13. The van der Waals surface area contributed by atoms with Crippen LogP contribution in [0.5, 0.6) is 0 Å². The number of rotatable bonds is 11. The second-order valence-corrected chi connectivity index (χ2v) is 9.70. The molecule has 1 aromatic carbocycles. The van der Waals surface area contributed by atoms with Gasteiger partial charge in [0.15, 0.2) is 15.1 Å². The number of ether oxygens (including phenoxy) is 1. The number of carbonyl (C=O) groups excluding carboxylic acids is 1. The molecular formula is C20H23N7O2S3. The van der Waals surface area contributed by atoms with Crippen molar-refractivity contribution >= 4 is 67.8 Å². The van der Waals surface area contributed by atoms with Gasteiger partial charge in [0.25, 0.3) is 0 Å². The van der Waals surface area contributed by atoms with Gasteiger partial charge in [0, 0.05) is 20.2 Å². The number of thiazole rings is 1. The molecule has 0 radical (unpaired) electrons. The lowest BCUT2D eigenvalue weighted by Crippen LogP contribution is -2.29. The Bertz CT molecular complexity index is 1180. The van der Waals surface area contributed by atoms with Gasteiger partial charge in [-0.05, 0) is 18.4 Å². The highest BCUT2D eigenvalue weighted by atomic mass is 32.2. The lowest BCUT2D eigenvalue weighted by Gasteiger charge is -2.09. The highest BCUT2D eigenvalue weighted by Crippen LogP contribution is 2.29. The molecule has 32 heavy (non-hydrogen) atoms. The number of fused-ring (bicyclic) bond motifs is 2. The van der Waals surface area contributed by atoms with E-state index >= 15 is 0 Å². The number of carbonyl (C=O) groups is 1. The maximum Gasteiger partial charge on any atom is 0.230 e. The van der Waals surface area contributed by atoms with E-state index in [1.54, 1.807) is 29.3 Å². The van der Waals surface area contributed by atoms with Crippen LogP contribution in [0.2, 0.25) is 0 Å². The Morgan fingerprint density at radius 3 is 2.91 bits per heavy atom. The van der Waals surface area contributed by atoms with Crippen LogP contribution < -0.4 is 10.6 Å². The van der Waals surface area contributed by atoms with Crippen molar-refractivity contribution in [1.82, 2.24) is 30.0 Å². The SMILES string of the molecule is COCCNc1nc(SC)nc2c1cnn2CCNC(=O)CSc1nc2ccccc2s1. The summed E-state index contributed by atoms with van der Waals surface area (Å²) in [7, 11) is 1.66. The van der Waals surface area contributed by atoms with E-state index in [4.69, 9.17) is 4.74 Å². The average molecular weight is 490 g/mol. The van der Waals surface area contributed by atoms with Gasteiger partial charge < -0.3 is 15.4 Å². The standard InChI is InChI=1S/C20H23N7O2S3/c1-29-10-8-22-17-13-11-23-27(18(13)26-19(25-17)30-2)9-7-21-16(28)12-31-20-24-14-5-3-4-6-15(14)32-20/h3-6,11H,7-10,12H2,1-2H3,(H,21,28)(H,22,25,26). The van der Waals surface area contributed by atoms with Crippen molar-refractivity contribution in [2.75, 3.05) is 44.1 Å².